The first kappa shape index (κ1) is 16.4. The van der Waals surface area contributed by atoms with Gasteiger partial charge in [-0.15, -0.1) is 0 Å². The summed E-state index contributed by atoms with van der Waals surface area (Å²) in [6, 6.07) is 3.88. The zero-order valence-corrected chi connectivity index (χ0v) is 12.8. The number of hydrogen-bond donors (Lipinski definition) is 0. The van der Waals surface area contributed by atoms with E-state index in [-0.39, 0.29) is 25.7 Å². The molecule has 0 bridgehead atoms. The molecule has 20 heavy (non-hydrogen) atoms. The summed E-state index contributed by atoms with van der Waals surface area (Å²) < 4.78 is 23.3. The SMILES string of the molecule is CCOC(=O)CN(C)C(=O)COc1ccc(F)cc1Br. The van der Waals surface area contributed by atoms with E-state index < -0.39 is 11.8 Å². The highest BCUT2D eigenvalue weighted by molar-refractivity contribution is 9.10. The summed E-state index contributed by atoms with van der Waals surface area (Å²) in [7, 11) is 1.47. The number of halogens is 2. The van der Waals surface area contributed by atoms with E-state index in [0.717, 1.165) is 0 Å². The van der Waals surface area contributed by atoms with Crippen LogP contribution >= 0.6 is 15.9 Å². The van der Waals surface area contributed by atoms with Gasteiger partial charge in [-0.25, -0.2) is 4.39 Å². The fourth-order valence-electron chi connectivity index (χ4n) is 1.33. The Morgan fingerprint density at radius 1 is 1.40 bits per heavy atom. The van der Waals surface area contributed by atoms with Crippen LogP contribution in [0.15, 0.2) is 22.7 Å². The van der Waals surface area contributed by atoms with Gasteiger partial charge in [0.2, 0.25) is 0 Å². The number of esters is 1. The van der Waals surface area contributed by atoms with E-state index in [1.165, 1.54) is 30.1 Å². The van der Waals surface area contributed by atoms with Crippen LogP contribution in [-0.4, -0.2) is 43.6 Å². The van der Waals surface area contributed by atoms with Crippen LogP contribution in [0.1, 0.15) is 6.92 Å². The van der Waals surface area contributed by atoms with Crippen LogP contribution in [0, 0.1) is 5.82 Å². The second-order valence-corrected chi connectivity index (χ2v) is 4.77. The Morgan fingerprint density at radius 3 is 2.70 bits per heavy atom. The molecule has 0 aliphatic carbocycles. The third kappa shape index (κ3) is 5.16. The first-order valence-electron chi connectivity index (χ1n) is 5.91. The third-order valence-electron chi connectivity index (χ3n) is 2.34. The fraction of sp³-hybridized carbons (Fsp3) is 0.385. The molecular formula is C13H15BrFNO4. The number of carbonyl (C=O) groups is 2. The quantitative estimate of drug-likeness (QED) is 0.738. The van der Waals surface area contributed by atoms with Gasteiger partial charge in [-0.1, -0.05) is 0 Å². The summed E-state index contributed by atoms with van der Waals surface area (Å²) >= 11 is 3.13. The maximum atomic E-state index is 12.9. The first-order chi connectivity index (χ1) is 9.43. The molecule has 0 radical (unpaired) electrons. The predicted molar refractivity (Wildman–Crippen MR) is 73.9 cm³/mol. The molecule has 0 saturated heterocycles. The molecule has 0 aromatic heterocycles. The maximum absolute atomic E-state index is 12.9. The third-order valence-corrected chi connectivity index (χ3v) is 2.96. The maximum Gasteiger partial charge on any atom is 0.325 e. The van der Waals surface area contributed by atoms with Crippen LogP contribution in [0.3, 0.4) is 0 Å². The summed E-state index contributed by atoms with van der Waals surface area (Å²) in [6.45, 7) is 1.57. The zero-order valence-electron chi connectivity index (χ0n) is 11.2. The van der Waals surface area contributed by atoms with Gasteiger partial charge in [-0.3, -0.25) is 9.59 Å². The number of rotatable bonds is 6. The van der Waals surface area contributed by atoms with Crippen molar-refractivity contribution < 1.29 is 23.5 Å². The van der Waals surface area contributed by atoms with Crippen molar-refractivity contribution in [3.63, 3.8) is 0 Å². The van der Waals surface area contributed by atoms with Gasteiger partial charge in [0.05, 0.1) is 11.1 Å². The van der Waals surface area contributed by atoms with Gasteiger partial charge in [0, 0.05) is 7.05 Å². The number of nitrogens with zero attached hydrogens (tertiary/aromatic N) is 1. The van der Waals surface area contributed by atoms with E-state index in [2.05, 4.69) is 15.9 Å². The lowest BCUT2D eigenvalue weighted by molar-refractivity contribution is -0.148. The van der Waals surface area contributed by atoms with E-state index in [4.69, 9.17) is 9.47 Å². The molecule has 0 spiro atoms. The molecule has 1 aromatic carbocycles. The molecule has 1 aromatic rings. The Hall–Kier alpha value is -1.63. The monoisotopic (exact) mass is 347 g/mol. The number of hydrogen-bond acceptors (Lipinski definition) is 4. The molecule has 0 heterocycles. The minimum absolute atomic E-state index is 0.138. The molecule has 7 heteroatoms. The average molecular weight is 348 g/mol. The van der Waals surface area contributed by atoms with Gasteiger partial charge in [-0.2, -0.15) is 0 Å². The van der Waals surface area contributed by atoms with E-state index >= 15 is 0 Å². The molecular weight excluding hydrogens is 333 g/mol. The Bertz CT molecular complexity index is 495. The molecule has 0 unspecified atom stereocenters. The van der Waals surface area contributed by atoms with Crippen molar-refractivity contribution in [1.29, 1.82) is 0 Å². The molecule has 1 amide bonds. The molecule has 0 saturated carbocycles. The van der Waals surface area contributed by atoms with E-state index in [1.807, 2.05) is 0 Å². The summed E-state index contributed by atoms with van der Waals surface area (Å²) in [5, 5.41) is 0. The number of likely N-dealkylation sites (N-methyl/N-ethyl adjacent to an activating group) is 1. The lowest BCUT2D eigenvalue weighted by Crippen LogP contribution is -2.36. The fourth-order valence-corrected chi connectivity index (χ4v) is 1.80. The van der Waals surface area contributed by atoms with Crippen LogP contribution in [0.2, 0.25) is 0 Å². The van der Waals surface area contributed by atoms with Crippen molar-refractivity contribution >= 4 is 27.8 Å². The summed E-state index contributed by atoms with van der Waals surface area (Å²) in [5.74, 6) is -0.917. The number of amides is 1. The normalized spacial score (nSPS) is 10.0. The van der Waals surface area contributed by atoms with Crippen LogP contribution in [-0.2, 0) is 14.3 Å². The molecule has 0 atom stereocenters. The van der Waals surface area contributed by atoms with Gasteiger partial charge < -0.3 is 14.4 Å². The largest absolute Gasteiger partial charge is 0.483 e. The highest BCUT2D eigenvalue weighted by atomic mass is 79.9. The number of ether oxygens (including phenoxy) is 2. The average Bonchev–Trinajstić information content (AvgIpc) is 2.37. The van der Waals surface area contributed by atoms with Gasteiger partial charge >= 0.3 is 5.97 Å². The van der Waals surface area contributed by atoms with E-state index in [9.17, 15) is 14.0 Å². The minimum Gasteiger partial charge on any atom is -0.483 e. The summed E-state index contributed by atoms with van der Waals surface area (Å²) in [4.78, 5) is 24.2. The molecule has 0 N–H and O–H groups in total. The van der Waals surface area contributed by atoms with Crippen molar-refractivity contribution in [2.45, 2.75) is 6.92 Å². The Kier molecular flexibility index (Phi) is 6.44. The molecule has 110 valence electrons. The van der Waals surface area contributed by atoms with Crippen LogP contribution in [0.4, 0.5) is 4.39 Å². The van der Waals surface area contributed by atoms with Crippen LogP contribution < -0.4 is 4.74 Å². The second kappa shape index (κ2) is 7.84. The van der Waals surface area contributed by atoms with Gasteiger partial charge in [-0.05, 0) is 41.1 Å². The highest BCUT2D eigenvalue weighted by Gasteiger charge is 2.14. The van der Waals surface area contributed by atoms with Gasteiger partial charge in [0.1, 0.15) is 18.1 Å². The Morgan fingerprint density at radius 2 is 2.10 bits per heavy atom. The smallest absolute Gasteiger partial charge is 0.325 e. The van der Waals surface area contributed by atoms with E-state index in [0.29, 0.717) is 10.2 Å². The van der Waals surface area contributed by atoms with Crippen LogP contribution in [0.5, 0.6) is 5.75 Å². The molecule has 1 rings (SSSR count). The molecule has 0 aliphatic heterocycles. The van der Waals surface area contributed by atoms with Gasteiger partial charge in [0.25, 0.3) is 5.91 Å². The van der Waals surface area contributed by atoms with Crippen molar-refractivity contribution in [2.24, 2.45) is 0 Å². The zero-order chi connectivity index (χ0) is 15.1. The molecule has 0 fully saturated rings. The lowest BCUT2D eigenvalue weighted by Gasteiger charge is -2.16. The Balaban J connectivity index is 2.48. The highest BCUT2D eigenvalue weighted by Crippen LogP contribution is 2.25. The molecule has 5 nitrogen and oxygen atoms in total. The standard InChI is InChI=1S/C13H15BrFNO4/c1-3-19-13(18)7-16(2)12(17)8-20-11-5-4-9(15)6-10(11)14/h4-6H,3,7-8H2,1-2H3. The van der Waals surface area contributed by atoms with Crippen molar-refractivity contribution in [3.8, 4) is 5.75 Å². The van der Waals surface area contributed by atoms with Crippen molar-refractivity contribution in [3.05, 3.63) is 28.5 Å². The van der Waals surface area contributed by atoms with Crippen molar-refractivity contribution in [1.82, 2.24) is 4.90 Å². The predicted octanol–water partition coefficient (Wildman–Crippen LogP) is 1.99. The molecule has 0 aliphatic rings. The van der Waals surface area contributed by atoms with Crippen molar-refractivity contribution in [2.75, 3.05) is 26.8 Å². The van der Waals surface area contributed by atoms with Crippen LogP contribution in [0.25, 0.3) is 0 Å². The number of benzene rings is 1. The first-order valence-corrected chi connectivity index (χ1v) is 6.70. The number of carbonyl (C=O) groups excluding carboxylic acids is 2. The topological polar surface area (TPSA) is 55.8 Å². The van der Waals surface area contributed by atoms with Gasteiger partial charge in [0.15, 0.2) is 6.61 Å². The minimum atomic E-state index is -0.480. The second-order valence-electron chi connectivity index (χ2n) is 3.92. The summed E-state index contributed by atoms with van der Waals surface area (Å²) in [6.07, 6.45) is 0. The Labute approximate surface area is 124 Å². The summed E-state index contributed by atoms with van der Waals surface area (Å²) in [5.41, 5.74) is 0. The lowest BCUT2D eigenvalue weighted by atomic mass is 10.3. The van der Waals surface area contributed by atoms with E-state index in [1.54, 1.807) is 6.92 Å².